The van der Waals surface area contributed by atoms with Crippen molar-refractivity contribution < 1.29 is 4.52 Å². The van der Waals surface area contributed by atoms with Gasteiger partial charge in [-0.2, -0.15) is 4.98 Å². The molecule has 2 rings (SSSR count). The summed E-state index contributed by atoms with van der Waals surface area (Å²) in [4.78, 5) is 8.32. The molecule has 0 aliphatic carbocycles. The summed E-state index contributed by atoms with van der Waals surface area (Å²) in [7, 11) is 0. The van der Waals surface area contributed by atoms with Gasteiger partial charge in [-0.05, 0) is 32.4 Å². The predicted molar refractivity (Wildman–Crippen MR) is 64.1 cm³/mol. The molecular formula is C12H16N4O. The van der Waals surface area contributed by atoms with Gasteiger partial charge >= 0.3 is 0 Å². The van der Waals surface area contributed by atoms with Crippen LogP contribution in [0.5, 0.6) is 0 Å². The molecule has 0 aliphatic rings. The summed E-state index contributed by atoms with van der Waals surface area (Å²) in [6, 6.07) is 3.74. The molecule has 0 amide bonds. The van der Waals surface area contributed by atoms with Crippen LogP contribution in [0.15, 0.2) is 29.0 Å². The molecule has 0 bridgehead atoms. The number of hydrogen-bond acceptors (Lipinski definition) is 5. The van der Waals surface area contributed by atoms with E-state index in [0.29, 0.717) is 18.1 Å². The fourth-order valence-electron chi connectivity index (χ4n) is 1.40. The molecule has 0 saturated heterocycles. The normalized spacial score (nSPS) is 11.7. The van der Waals surface area contributed by atoms with Crippen LogP contribution >= 0.6 is 0 Å². The van der Waals surface area contributed by atoms with Crippen LogP contribution in [-0.2, 0) is 6.42 Å². The highest BCUT2D eigenvalue weighted by atomic mass is 16.5. The van der Waals surface area contributed by atoms with Crippen molar-refractivity contribution >= 4 is 0 Å². The van der Waals surface area contributed by atoms with E-state index in [1.165, 1.54) is 0 Å². The number of nitrogens with zero attached hydrogens (tertiary/aromatic N) is 3. The van der Waals surface area contributed by atoms with Crippen LogP contribution in [0.25, 0.3) is 11.4 Å². The summed E-state index contributed by atoms with van der Waals surface area (Å²) < 4.78 is 5.17. The number of hydrogen-bond donors (Lipinski definition) is 1. The largest absolute Gasteiger partial charge is 0.339 e. The lowest BCUT2D eigenvalue weighted by molar-refractivity contribution is 0.358. The van der Waals surface area contributed by atoms with Gasteiger partial charge in [0.25, 0.3) is 0 Å². The van der Waals surface area contributed by atoms with Crippen molar-refractivity contribution in [3.8, 4) is 11.4 Å². The zero-order chi connectivity index (χ0) is 12.3. The number of aromatic nitrogens is 3. The first-order valence-electron chi connectivity index (χ1n) is 5.56. The van der Waals surface area contributed by atoms with Gasteiger partial charge in [0.15, 0.2) is 0 Å². The molecule has 2 heterocycles. The van der Waals surface area contributed by atoms with Gasteiger partial charge in [-0.3, -0.25) is 4.98 Å². The highest BCUT2D eigenvalue weighted by molar-refractivity contribution is 5.51. The molecule has 2 N–H and O–H groups in total. The second-order valence-electron chi connectivity index (χ2n) is 4.74. The Morgan fingerprint density at radius 3 is 2.88 bits per heavy atom. The average Bonchev–Trinajstić information content (AvgIpc) is 2.75. The third kappa shape index (κ3) is 3.35. The highest BCUT2D eigenvalue weighted by Gasteiger charge is 2.14. The first-order chi connectivity index (χ1) is 8.04. The highest BCUT2D eigenvalue weighted by Crippen LogP contribution is 2.15. The maximum absolute atomic E-state index is 5.90. The Kier molecular flexibility index (Phi) is 3.19. The van der Waals surface area contributed by atoms with Gasteiger partial charge in [-0.15, -0.1) is 0 Å². The molecule has 0 unspecified atom stereocenters. The molecular weight excluding hydrogens is 216 g/mol. The monoisotopic (exact) mass is 232 g/mol. The minimum atomic E-state index is -0.219. The minimum Gasteiger partial charge on any atom is -0.339 e. The zero-order valence-corrected chi connectivity index (χ0v) is 10.1. The molecule has 0 atom stereocenters. The fraction of sp³-hybridized carbons (Fsp3) is 0.417. The third-order valence-electron chi connectivity index (χ3n) is 2.37. The minimum absolute atomic E-state index is 0.219. The van der Waals surface area contributed by atoms with E-state index in [0.717, 1.165) is 12.0 Å². The van der Waals surface area contributed by atoms with Crippen molar-refractivity contribution in [3.05, 3.63) is 30.4 Å². The maximum Gasteiger partial charge on any atom is 0.227 e. The second-order valence-corrected chi connectivity index (χ2v) is 4.74. The quantitative estimate of drug-likeness (QED) is 0.869. The van der Waals surface area contributed by atoms with Crippen LogP contribution in [0.1, 0.15) is 26.2 Å². The Hall–Kier alpha value is -1.75. The van der Waals surface area contributed by atoms with E-state index in [9.17, 15) is 0 Å². The average molecular weight is 232 g/mol. The standard InChI is InChI=1S/C12H16N4O/c1-12(2,13)6-5-10-15-11(16-17-10)9-4-3-7-14-8-9/h3-4,7-8H,5-6,13H2,1-2H3. The lowest BCUT2D eigenvalue weighted by atomic mass is 10.0. The summed E-state index contributed by atoms with van der Waals surface area (Å²) in [5, 5.41) is 3.92. The smallest absolute Gasteiger partial charge is 0.227 e. The fourth-order valence-corrected chi connectivity index (χ4v) is 1.40. The summed E-state index contributed by atoms with van der Waals surface area (Å²) in [5.41, 5.74) is 6.54. The summed E-state index contributed by atoms with van der Waals surface area (Å²) >= 11 is 0. The topological polar surface area (TPSA) is 77.8 Å². The van der Waals surface area contributed by atoms with Crippen LogP contribution in [0, 0.1) is 0 Å². The lowest BCUT2D eigenvalue weighted by Crippen LogP contribution is -2.32. The van der Waals surface area contributed by atoms with E-state index in [-0.39, 0.29) is 5.54 Å². The Balaban J connectivity index is 2.07. The molecule has 2 aromatic heterocycles. The Bertz CT molecular complexity index is 473. The zero-order valence-electron chi connectivity index (χ0n) is 10.1. The lowest BCUT2D eigenvalue weighted by Gasteiger charge is -2.16. The second kappa shape index (κ2) is 4.63. The number of aryl methyl sites for hydroxylation is 1. The van der Waals surface area contributed by atoms with Gasteiger partial charge < -0.3 is 10.3 Å². The molecule has 5 nitrogen and oxygen atoms in total. The molecule has 0 radical (unpaired) electrons. The van der Waals surface area contributed by atoms with E-state index >= 15 is 0 Å². The predicted octanol–water partition coefficient (Wildman–Crippen LogP) is 1.80. The number of pyridine rings is 1. The van der Waals surface area contributed by atoms with Crippen LogP contribution < -0.4 is 5.73 Å². The van der Waals surface area contributed by atoms with Crippen molar-refractivity contribution in [1.82, 2.24) is 15.1 Å². The maximum atomic E-state index is 5.90. The van der Waals surface area contributed by atoms with Gasteiger partial charge in [0, 0.05) is 29.9 Å². The SMILES string of the molecule is CC(C)(N)CCc1nc(-c2cccnc2)no1. The molecule has 17 heavy (non-hydrogen) atoms. The molecule has 90 valence electrons. The Labute approximate surface area is 100 Å². The summed E-state index contributed by atoms with van der Waals surface area (Å²) in [5.74, 6) is 1.19. The van der Waals surface area contributed by atoms with Crippen LogP contribution in [-0.4, -0.2) is 20.7 Å². The van der Waals surface area contributed by atoms with Gasteiger partial charge in [0.2, 0.25) is 11.7 Å². The first kappa shape index (κ1) is 11.7. The van der Waals surface area contributed by atoms with E-state index < -0.39 is 0 Å². The summed E-state index contributed by atoms with van der Waals surface area (Å²) in [6.07, 6.45) is 4.92. The van der Waals surface area contributed by atoms with Crippen LogP contribution in [0.4, 0.5) is 0 Å². The molecule has 0 aromatic carbocycles. The molecule has 0 saturated carbocycles. The van der Waals surface area contributed by atoms with Gasteiger partial charge in [0.05, 0.1) is 0 Å². The molecule has 0 spiro atoms. The van der Waals surface area contributed by atoms with Gasteiger partial charge in [-0.1, -0.05) is 5.16 Å². The van der Waals surface area contributed by atoms with Crippen molar-refractivity contribution in [1.29, 1.82) is 0 Å². The molecule has 2 aromatic rings. The third-order valence-corrected chi connectivity index (χ3v) is 2.37. The molecule has 5 heteroatoms. The Morgan fingerprint density at radius 2 is 2.24 bits per heavy atom. The molecule has 0 fully saturated rings. The van der Waals surface area contributed by atoms with Crippen molar-refractivity contribution in [3.63, 3.8) is 0 Å². The van der Waals surface area contributed by atoms with Gasteiger partial charge in [-0.25, -0.2) is 0 Å². The van der Waals surface area contributed by atoms with E-state index in [1.807, 2.05) is 26.0 Å². The van der Waals surface area contributed by atoms with Crippen LogP contribution in [0.3, 0.4) is 0 Å². The van der Waals surface area contributed by atoms with Crippen molar-refractivity contribution in [2.24, 2.45) is 5.73 Å². The number of rotatable bonds is 4. The number of nitrogens with two attached hydrogens (primary N) is 1. The van der Waals surface area contributed by atoms with Crippen molar-refractivity contribution in [2.75, 3.05) is 0 Å². The van der Waals surface area contributed by atoms with E-state index in [1.54, 1.807) is 12.4 Å². The van der Waals surface area contributed by atoms with E-state index in [2.05, 4.69) is 15.1 Å². The summed E-state index contributed by atoms with van der Waals surface area (Å²) in [6.45, 7) is 3.96. The van der Waals surface area contributed by atoms with E-state index in [4.69, 9.17) is 10.3 Å². The van der Waals surface area contributed by atoms with Crippen molar-refractivity contribution in [2.45, 2.75) is 32.2 Å². The van der Waals surface area contributed by atoms with Gasteiger partial charge in [0.1, 0.15) is 0 Å². The molecule has 0 aliphatic heterocycles. The Morgan fingerprint density at radius 1 is 1.41 bits per heavy atom. The first-order valence-corrected chi connectivity index (χ1v) is 5.56. The van der Waals surface area contributed by atoms with Crippen LogP contribution in [0.2, 0.25) is 0 Å².